The molecule has 48 heavy (non-hydrogen) atoms. The number of hydrogen-bond donors (Lipinski definition) is 0. The van der Waals surface area contributed by atoms with E-state index in [1.807, 2.05) is 0 Å². The van der Waals surface area contributed by atoms with Gasteiger partial charge in [0.2, 0.25) is 0 Å². The molecule has 0 aliphatic carbocycles. The van der Waals surface area contributed by atoms with Gasteiger partial charge in [0.15, 0.2) is 23.1 Å². The Balaban J connectivity index is 1.42. The van der Waals surface area contributed by atoms with Crippen LogP contribution in [-0.4, -0.2) is 50.3 Å². The van der Waals surface area contributed by atoms with Crippen molar-refractivity contribution in [3.05, 3.63) is 108 Å². The molecule has 0 saturated heterocycles. The Bertz CT molecular complexity index is 1580. The molecule has 0 N–H and O–H groups in total. The highest BCUT2D eigenvalue weighted by Gasteiger charge is 2.19. The molecule has 0 atom stereocenters. The van der Waals surface area contributed by atoms with Gasteiger partial charge in [0.25, 0.3) is 0 Å². The average Bonchev–Trinajstić information content (AvgIpc) is 3.08. The second kappa shape index (κ2) is 19.2. The van der Waals surface area contributed by atoms with E-state index in [1.165, 1.54) is 36.4 Å². The van der Waals surface area contributed by atoms with E-state index in [-0.39, 0.29) is 24.3 Å². The number of hydrogen-bond acceptors (Lipinski definition) is 10. The molecule has 12 heteroatoms. The minimum atomic E-state index is -1.12. The van der Waals surface area contributed by atoms with Crippen molar-refractivity contribution in [2.24, 2.45) is 0 Å². The molecule has 0 fully saturated rings. The molecule has 0 spiro atoms. The van der Waals surface area contributed by atoms with Crippen LogP contribution < -0.4 is 18.9 Å². The smallest absolute Gasteiger partial charge is 0.343 e. The Hall–Kier alpha value is -5.52. The Morgan fingerprint density at radius 3 is 1.54 bits per heavy atom. The predicted molar refractivity (Wildman–Crippen MR) is 170 cm³/mol. The van der Waals surface area contributed by atoms with Gasteiger partial charge in [-0.15, -0.1) is 0 Å². The molecule has 254 valence electrons. The lowest BCUT2D eigenvalue weighted by Gasteiger charge is -2.11. The fourth-order valence-electron chi connectivity index (χ4n) is 3.88. The highest BCUT2D eigenvalue weighted by atomic mass is 19.1. The summed E-state index contributed by atoms with van der Waals surface area (Å²) in [5, 5.41) is 0. The van der Waals surface area contributed by atoms with Crippen molar-refractivity contribution in [2.75, 3.05) is 26.4 Å². The predicted octanol–water partition coefficient (Wildman–Crippen LogP) is 6.96. The third kappa shape index (κ3) is 12.3. The van der Waals surface area contributed by atoms with Gasteiger partial charge in [0.05, 0.1) is 37.6 Å². The lowest BCUT2D eigenvalue weighted by molar-refractivity contribution is -0.139. The maximum atomic E-state index is 14.7. The van der Waals surface area contributed by atoms with Crippen molar-refractivity contribution in [3.63, 3.8) is 0 Å². The maximum Gasteiger partial charge on any atom is 0.343 e. The van der Waals surface area contributed by atoms with Gasteiger partial charge in [-0.05, 0) is 81.1 Å². The Kier molecular flexibility index (Phi) is 14.8. The summed E-state index contributed by atoms with van der Waals surface area (Å²) in [6.07, 6.45) is 4.74. The first-order valence-electron chi connectivity index (χ1n) is 15.1. The minimum absolute atomic E-state index is 0.0452. The molecule has 3 aromatic carbocycles. The largest absolute Gasteiger partial charge is 0.494 e. The van der Waals surface area contributed by atoms with Crippen LogP contribution in [0.4, 0.5) is 8.78 Å². The number of benzene rings is 3. The number of rotatable bonds is 19. The zero-order valence-electron chi connectivity index (χ0n) is 26.5. The number of halogens is 2. The second-order valence-corrected chi connectivity index (χ2v) is 10.3. The van der Waals surface area contributed by atoms with E-state index >= 15 is 0 Å². The van der Waals surface area contributed by atoms with E-state index in [2.05, 4.69) is 13.2 Å². The van der Waals surface area contributed by atoms with E-state index in [0.29, 0.717) is 48.8 Å². The standard InChI is InChI=1S/C36H36F2O10/c1-4-33(39)45-21-9-20-44-28-16-12-26(13-17-28)36(42)48-32-23-29(37)31(22-30(32)38)47-35(41)25-10-14-27(15-11-25)43-18-7-5-6-8-19-46-34(40)24(2)3/h4,10-17,22-23H,1-2,5-9,18-21H2,3H3. The Labute approximate surface area is 276 Å². The summed E-state index contributed by atoms with van der Waals surface area (Å²) in [6, 6.07) is 12.9. The number of carbonyl (C=O) groups excluding carboxylic acids is 4. The van der Waals surface area contributed by atoms with Crippen LogP contribution in [0, 0.1) is 11.6 Å². The van der Waals surface area contributed by atoms with Crippen LogP contribution in [-0.2, 0) is 19.1 Å². The first-order valence-corrected chi connectivity index (χ1v) is 15.1. The highest BCUT2D eigenvalue weighted by molar-refractivity contribution is 5.92. The van der Waals surface area contributed by atoms with Gasteiger partial charge in [-0.3, -0.25) is 0 Å². The zero-order valence-corrected chi connectivity index (χ0v) is 26.5. The first-order chi connectivity index (χ1) is 23.1. The Morgan fingerprint density at radius 2 is 1.08 bits per heavy atom. The third-order valence-corrected chi connectivity index (χ3v) is 6.43. The molecule has 3 rings (SSSR count). The summed E-state index contributed by atoms with van der Waals surface area (Å²) in [5.41, 5.74) is 0.486. The average molecular weight is 667 g/mol. The molecule has 0 saturated carbocycles. The Morgan fingerprint density at radius 1 is 0.646 bits per heavy atom. The van der Waals surface area contributed by atoms with E-state index in [1.54, 1.807) is 19.1 Å². The quantitative estimate of drug-likeness (QED) is 0.0574. The number of esters is 4. The van der Waals surface area contributed by atoms with Crippen LogP contribution in [0.5, 0.6) is 23.0 Å². The van der Waals surface area contributed by atoms with Crippen LogP contribution in [0.25, 0.3) is 0 Å². The lowest BCUT2D eigenvalue weighted by Crippen LogP contribution is -2.12. The van der Waals surface area contributed by atoms with Gasteiger partial charge in [0.1, 0.15) is 11.5 Å². The van der Waals surface area contributed by atoms with Crippen molar-refractivity contribution in [1.82, 2.24) is 0 Å². The van der Waals surface area contributed by atoms with E-state index in [4.69, 9.17) is 28.4 Å². The monoisotopic (exact) mass is 666 g/mol. The topological polar surface area (TPSA) is 124 Å². The fraction of sp³-hybridized carbons (Fsp3) is 0.278. The van der Waals surface area contributed by atoms with Gasteiger partial charge in [-0.1, -0.05) is 13.2 Å². The molecule has 0 amide bonds. The summed E-state index contributed by atoms with van der Waals surface area (Å²) in [5.74, 6) is -5.51. The molecule has 10 nitrogen and oxygen atoms in total. The number of ether oxygens (including phenoxy) is 6. The summed E-state index contributed by atoms with van der Waals surface area (Å²) in [4.78, 5) is 47.4. The molecule has 0 aromatic heterocycles. The van der Waals surface area contributed by atoms with Crippen molar-refractivity contribution < 1.29 is 56.4 Å². The number of carbonyl (C=O) groups is 4. The van der Waals surface area contributed by atoms with Crippen molar-refractivity contribution in [1.29, 1.82) is 0 Å². The zero-order chi connectivity index (χ0) is 34.9. The molecular formula is C36H36F2O10. The normalized spacial score (nSPS) is 10.4. The van der Waals surface area contributed by atoms with E-state index in [9.17, 15) is 28.0 Å². The van der Waals surface area contributed by atoms with Gasteiger partial charge in [-0.25, -0.2) is 28.0 Å². The van der Waals surface area contributed by atoms with Crippen molar-refractivity contribution >= 4 is 23.9 Å². The van der Waals surface area contributed by atoms with Gasteiger partial charge >= 0.3 is 23.9 Å². The van der Waals surface area contributed by atoms with Crippen LogP contribution in [0.15, 0.2) is 85.5 Å². The minimum Gasteiger partial charge on any atom is -0.494 e. The van der Waals surface area contributed by atoms with Crippen LogP contribution in [0.3, 0.4) is 0 Å². The molecule has 0 bridgehead atoms. The summed E-state index contributed by atoms with van der Waals surface area (Å²) in [6.45, 7) is 9.60. The molecule has 0 heterocycles. The summed E-state index contributed by atoms with van der Waals surface area (Å²) < 4.78 is 60.5. The van der Waals surface area contributed by atoms with Crippen LogP contribution >= 0.6 is 0 Å². The highest BCUT2D eigenvalue weighted by Crippen LogP contribution is 2.28. The van der Waals surface area contributed by atoms with Gasteiger partial charge in [0, 0.05) is 30.2 Å². The van der Waals surface area contributed by atoms with Gasteiger partial charge < -0.3 is 28.4 Å². The van der Waals surface area contributed by atoms with Crippen LogP contribution in [0.2, 0.25) is 0 Å². The maximum absolute atomic E-state index is 14.7. The van der Waals surface area contributed by atoms with E-state index < -0.39 is 47.0 Å². The summed E-state index contributed by atoms with van der Waals surface area (Å²) >= 11 is 0. The lowest BCUT2D eigenvalue weighted by atomic mass is 10.2. The molecule has 0 aliphatic heterocycles. The SMILES string of the molecule is C=CC(=O)OCCCOc1ccc(C(=O)Oc2cc(F)c(OC(=O)c3ccc(OCCCCCCOC(=O)C(=C)C)cc3)cc2F)cc1. The van der Waals surface area contributed by atoms with E-state index in [0.717, 1.165) is 31.8 Å². The molecular weight excluding hydrogens is 630 g/mol. The first kappa shape index (κ1) is 36.9. The second-order valence-electron chi connectivity index (χ2n) is 10.3. The molecule has 0 unspecified atom stereocenters. The van der Waals surface area contributed by atoms with Gasteiger partial charge in [-0.2, -0.15) is 0 Å². The molecule has 3 aromatic rings. The summed E-state index contributed by atoms with van der Waals surface area (Å²) in [7, 11) is 0. The third-order valence-electron chi connectivity index (χ3n) is 6.43. The van der Waals surface area contributed by atoms with Crippen molar-refractivity contribution in [3.8, 4) is 23.0 Å². The fourth-order valence-corrected chi connectivity index (χ4v) is 3.88. The van der Waals surface area contributed by atoms with Crippen molar-refractivity contribution in [2.45, 2.75) is 39.0 Å². The van der Waals surface area contributed by atoms with Crippen LogP contribution in [0.1, 0.15) is 59.7 Å². The number of unbranched alkanes of at least 4 members (excludes halogenated alkanes) is 3. The molecule has 0 aliphatic rings. The molecule has 0 radical (unpaired) electrons.